The standard InChI is InChI=1S/C10H7BrF2N2/c11-8-1-2-9(7(3-8)4-14)15-5-10(12,13)6-15/h1-3H,5-6H2. The highest BCUT2D eigenvalue weighted by Crippen LogP contribution is 2.34. The van der Waals surface area contributed by atoms with Gasteiger partial charge in [0.2, 0.25) is 0 Å². The van der Waals surface area contributed by atoms with Crippen molar-refractivity contribution in [3.05, 3.63) is 28.2 Å². The van der Waals surface area contributed by atoms with Gasteiger partial charge in [-0.25, -0.2) is 8.78 Å². The van der Waals surface area contributed by atoms with Crippen LogP contribution in [0.1, 0.15) is 5.56 Å². The van der Waals surface area contributed by atoms with Crippen LogP contribution < -0.4 is 4.90 Å². The molecule has 78 valence electrons. The van der Waals surface area contributed by atoms with Crippen molar-refractivity contribution in [2.24, 2.45) is 0 Å². The summed E-state index contributed by atoms with van der Waals surface area (Å²) in [5, 5.41) is 8.86. The molecule has 2 rings (SSSR count). The minimum absolute atomic E-state index is 0.302. The van der Waals surface area contributed by atoms with Gasteiger partial charge in [0.05, 0.1) is 24.3 Å². The highest BCUT2D eigenvalue weighted by molar-refractivity contribution is 9.10. The molecule has 1 aliphatic rings. The summed E-state index contributed by atoms with van der Waals surface area (Å²) in [5.41, 5.74) is 0.992. The van der Waals surface area contributed by atoms with Crippen molar-refractivity contribution in [2.75, 3.05) is 18.0 Å². The predicted molar refractivity (Wildman–Crippen MR) is 56.0 cm³/mol. The summed E-state index contributed by atoms with van der Waals surface area (Å²) in [6.45, 7) is -0.605. The Morgan fingerprint density at radius 1 is 1.40 bits per heavy atom. The molecule has 0 radical (unpaired) electrons. The van der Waals surface area contributed by atoms with Crippen molar-refractivity contribution in [3.63, 3.8) is 0 Å². The summed E-state index contributed by atoms with van der Waals surface area (Å²) in [4.78, 5) is 1.50. The molecular weight excluding hydrogens is 266 g/mol. The van der Waals surface area contributed by atoms with Crippen molar-refractivity contribution >= 4 is 21.6 Å². The van der Waals surface area contributed by atoms with Crippen molar-refractivity contribution in [3.8, 4) is 6.07 Å². The molecule has 0 spiro atoms. The van der Waals surface area contributed by atoms with Crippen molar-refractivity contribution in [1.82, 2.24) is 0 Å². The van der Waals surface area contributed by atoms with E-state index in [1.54, 1.807) is 18.2 Å². The summed E-state index contributed by atoms with van der Waals surface area (Å²) in [6, 6.07) is 7.05. The van der Waals surface area contributed by atoms with E-state index in [0.717, 1.165) is 4.47 Å². The molecule has 2 nitrogen and oxygen atoms in total. The summed E-state index contributed by atoms with van der Waals surface area (Å²) < 4.78 is 26.1. The molecule has 1 saturated heterocycles. The topological polar surface area (TPSA) is 27.0 Å². The van der Waals surface area contributed by atoms with E-state index in [9.17, 15) is 8.78 Å². The third-order valence-electron chi connectivity index (χ3n) is 2.26. The van der Waals surface area contributed by atoms with Crippen LogP contribution in [0.4, 0.5) is 14.5 Å². The van der Waals surface area contributed by atoms with E-state index < -0.39 is 5.92 Å². The molecule has 1 aliphatic heterocycles. The first-order valence-electron chi connectivity index (χ1n) is 4.34. The lowest BCUT2D eigenvalue weighted by Crippen LogP contribution is -2.56. The van der Waals surface area contributed by atoms with Gasteiger partial charge in [-0.2, -0.15) is 5.26 Å². The molecule has 1 aromatic carbocycles. The van der Waals surface area contributed by atoms with Gasteiger partial charge in [-0.05, 0) is 18.2 Å². The van der Waals surface area contributed by atoms with Crippen molar-refractivity contribution < 1.29 is 8.78 Å². The lowest BCUT2D eigenvalue weighted by Gasteiger charge is -2.40. The Hall–Kier alpha value is -1.15. The number of alkyl halides is 2. The first-order valence-corrected chi connectivity index (χ1v) is 5.13. The molecule has 0 saturated carbocycles. The Kier molecular flexibility index (Phi) is 2.39. The summed E-state index contributed by atoms with van der Waals surface area (Å²) in [7, 11) is 0. The fourth-order valence-electron chi connectivity index (χ4n) is 1.56. The molecule has 0 aliphatic carbocycles. The van der Waals surface area contributed by atoms with Crippen LogP contribution in [-0.2, 0) is 0 Å². The normalized spacial score (nSPS) is 18.1. The zero-order valence-corrected chi connectivity index (χ0v) is 9.26. The van der Waals surface area contributed by atoms with Crippen LogP contribution in [0.5, 0.6) is 0 Å². The number of anilines is 1. The van der Waals surface area contributed by atoms with Crippen molar-refractivity contribution in [1.29, 1.82) is 5.26 Å². The predicted octanol–water partition coefficient (Wildman–Crippen LogP) is 2.78. The molecule has 1 aromatic rings. The van der Waals surface area contributed by atoms with Gasteiger partial charge in [-0.15, -0.1) is 0 Å². The SMILES string of the molecule is N#Cc1cc(Br)ccc1N1CC(F)(F)C1. The largest absolute Gasteiger partial charge is 0.358 e. The Balaban J connectivity index is 2.27. The van der Waals surface area contributed by atoms with Crippen LogP contribution in [0.3, 0.4) is 0 Å². The van der Waals surface area contributed by atoms with E-state index in [1.807, 2.05) is 6.07 Å². The van der Waals surface area contributed by atoms with E-state index in [2.05, 4.69) is 15.9 Å². The maximum absolute atomic E-state index is 12.7. The highest BCUT2D eigenvalue weighted by Gasteiger charge is 2.44. The van der Waals surface area contributed by atoms with Crippen LogP contribution in [-0.4, -0.2) is 19.0 Å². The minimum atomic E-state index is -2.61. The fourth-order valence-corrected chi connectivity index (χ4v) is 1.92. The fraction of sp³-hybridized carbons (Fsp3) is 0.300. The average molecular weight is 273 g/mol. The van der Waals surface area contributed by atoms with Gasteiger partial charge in [-0.1, -0.05) is 15.9 Å². The van der Waals surface area contributed by atoms with Crippen LogP contribution in [0.2, 0.25) is 0 Å². The van der Waals surface area contributed by atoms with E-state index in [1.165, 1.54) is 4.90 Å². The minimum Gasteiger partial charge on any atom is -0.358 e. The Morgan fingerprint density at radius 2 is 2.07 bits per heavy atom. The summed E-state index contributed by atoms with van der Waals surface area (Å²) >= 11 is 3.23. The molecule has 0 unspecified atom stereocenters. The van der Waals surface area contributed by atoms with E-state index in [4.69, 9.17) is 5.26 Å². The Morgan fingerprint density at radius 3 is 2.60 bits per heavy atom. The zero-order chi connectivity index (χ0) is 11.1. The van der Waals surface area contributed by atoms with Gasteiger partial charge in [0.1, 0.15) is 6.07 Å². The van der Waals surface area contributed by atoms with E-state index in [-0.39, 0.29) is 13.1 Å². The molecule has 0 aromatic heterocycles. The summed E-state index contributed by atoms with van der Waals surface area (Å²) in [6.07, 6.45) is 0. The van der Waals surface area contributed by atoms with Gasteiger partial charge >= 0.3 is 0 Å². The second-order valence-corrected chi connectivity index (χ2v) is 4.40. The lowest BCUT2D eigenvalue weighted by molar-refractivity contribution is -0.0262. The average Bonchev–Trinajstić information content (AvgIpc) is 2.14. The zero-order valence-electron chi connectivity index (χ0n) is 7.67. The number of nitrogens with zero attached hydrogens (tertiary/aromatic N) is 2. The second-order valence-electron chi connectivity index (χ2n) is 3.49. The number of benzene rings is 1. The lowest BCUT2D eigenvalue weighted by atomic mass is 10.1. The molecule has 5 heteroatoms. The second kappa shape index (κ2) is 3.46. The van der Waals surface area contributed by atoms with E-state index >= 15 is 0 Å². The van der Waals surface area contributed by atoms with Gasteiger partial charge in [0.25, 0.3) is 5.92 Å². The molecular formula is C10H7BrF2N2. The van der Waals surface area contributed by atoms with Crippen LogP contribution in [0, 0.1) is 11.3 Å². The van der Waals surface area contributed by atoms with Crippen LogP contribution in [0.25, 0.3) is 0 Å². The Labute approximate surface area is 94.2 Å². The van der Waals surface area contributed by atoms with E-state index in [0.29, 0.717) is 11.3 Å². The monoisotopic (exact) mass is 272 g/mol. The molecule has 0 N–H and O–H groups in total. The third-order valence-corrected chi connectivity index (χ3v) is 2.76. The molecule has 0 bridgehead atoms. The third kappa shape index (κ3) is 1.95. The van der Waals surface area contributed by atoms with Crippen LogP contribution >= 0.6 is 15.9 Å². The molecule has 15 heavy (non-hydrogen) atoms. The number of rotatable bonds is 1. The molecule has 1 fully saturated rings. The quantitative estimate of drug-likeness (QED) is 0.786. The maximum Gasteiger partial charge on any atom is 0.282 e. The highest BCUT2D eigenvalue weighted by atomic mass is 79.9. The first-order chi connectivity index (χ1) is 7.02. The maximum atomic E-state index is 12.7. The number of hydrogen-bond donors (Lipinski definition) is 0. The number of hydrogen-bond acceptors (Lipinski definition) is 2. The number of nitriles is 1. The molecule has 1 heterocycles. The summed E-state index contributed by atoms with van der Waals surface area (Å²) in [5.74, 6) is -2.61. The Bertz CT molecular complexity index is 432. The van der Waals surface area contributed by atoms with Gasteiger partial charge in [0, 0.05) is 4.47 Å². The van der Waals surface area contributed by atoms with Crippen molar-refractivity contribution in [2.45, 2.75) is 5.92 Å². The van der Waals surface area contributed by atoms with Crippen LogP contribution in [0.15, 0.2) is 22.7 Å². The first kappa shape index (κ1) is 10.4. The van der Waals surface area contributed by atoms with Gasteiger partial charge in [-0.3, -0.25) is 0 Å². The molecule has 0 amide bonds. The van der Waals surface area contributed by atoms with Gasteiger partial charge in [0.15, 0.2) is 0 Å². The number of halogens is 3. The molecule has 0 atom stereocenters. The van der Waals surface area contributed by atoms with Gasteiger partial charge < -0.3 is 4.90 Å². The smallest absolute Gasteiger partial charge is 0.282 e.